The lowest BCUT2D eigenvalue weighted by molar-refractivity contribution is -0.119. The maximum absolute atomic E-state index is 12.4. The number of hydrogen-bond acceptors (Lipinski definition) is 5. The number of amides is 2. The summed E-state index contributed by atoms with van der Waals surface area (Å²) in [6, 6.07) is 10.4. The minimum Gasteiger partial charge on any atom is -0.486 e. The molecule has 2 heterocycles. The van der Waals surface area contributed by atoms with Gasteiger partial charge in [0.15, 0.2) is 17.3 Å². The smallest absolute Gasteiger partial charge is 0.234 e. The van der Waals surface area contributed by atoms with Crippen molar-refractivity contribution in [3.8, 4) is 11.5 Å². The van der Waals surface area contributed by atoms with Gasteiger partial charge in [0.2, 0.25) is 11.8 Å². The molecule has 150 valence electrons. The van der Waals surface area contributed by atoms with Crippen LogP contribution in [0.1, 0.15) is 42.6 Å². The third kappa shape index (κ3) is 3.68. The lowest BCUT2D eigenvalue weighted by Gasteiger charge is -2.18. The molecule has 0 saturated carbocycles. The SMILES string of the molecule is CC1(C)C(=O)Nc2ccc(NC(=O)CCC(=O)c3ccc4c(c3)OCCO4)cc21. The number of hydrogen-bond donors (Lipinski definition) is 2. The third-order valence-corrected chi connectivity index (χ3v) is 5.24. The van der Waals surface area contributed by atoms with Crippen molar-refractivity contribution in [2.24, 2.45) is 0 Å². The first-order valence-electron chi connectivity index (χ1n) is 9.53. The molecule has 29 heavy (non-hydrogen) atoms. The Morgan fingerprint density at radius 1 is 1.03 bits per heavy atom. The van der Waals surface area contributed by atoms with Gasteiger partial charge in [-0.25, -0.2) is 0 Å². The first-order chi connectivity index (χ1) is 13.8. The monoisotopic (exact) mass is 394 g/mol. The molecular weight excluding hydrogens is 372 g/mol. The molecule has 2 aliphatic heterocycles. The van der Waals surface area contributed by atoms with E-state index < -0.39 is 5.41 Å². The van der Waals surface area contributed by atoms with Crippen molar-refractivity contribution in [1.29, 1.82) is 0 Å². The fourth-order valence-corrected chi connectivity index (χ4v) is 3.46. The number of benzene rings is 2. The number of anilines is 2. The summed E-state index contributed by atoms with van der Waals surface area (Å²) in [5, 5.41) is 5.64. The predicted molar refractivity (Wildman–Crippen MR) is 108 cm³/mol. The average molecular weight is 394 g/mol. The Morgan fingerprint density at radius 2 is 1.79 bits per heavy atom. The lowest BCUT2D eigenvalue weighted by Crippen LogP contribution is -2.26. The van der Waals surface area contributed by atoms with Crippen LogP contribution in [0, 0.1) is 0 Å². The van der Waals surface area contributed by atoms with E-state index in [-0.39, 0.29) is 30.4 Å². The fourth-order valence-electron chi connectivity index (χ4n) is 3.46. The second kappa shape index (κ2) is 7.24. The van der Waals surface area contributed by atoms with Gasteiger partial charge in [0, 0.05) is 29.8 Å². The predicted octanol–water partition coefficient (Wildman–Crippen LogP) is 3.29. The Bertz CT molecular complexity index is 1010. The number of fused-ring (bicyclic) bond motifs is 2. The highest BCUT2D eigenvalue weighted by molar-refractivity contribution is 6.06. The number of carbonyl (C=O) groups is 3. The van der Waals surface area contributed by atoms with Crippen molar-refractivity contribution in [1.82, 2.24) is 0 Å². The van der Waals surface area contributed by atoms with Gasteiger partial charge in [-0.2, -0.15) is 0 Å². The van der Waals surface area contributed by atoms with Crippen LogP contribution in [0.25, 0.3) is 0 Å². The van der Waals surface area contributed by atoms with Crippen molar-refractivity contribution in [3.05, 3.63) is 47.5 Å². The molecule has 4 rings (SSSR count). The fraction of sp³-hybridized carbons (Fsp3) is 0.318. The van der Waals surface area contributed by atoms with Gasteiger partial charge >= 0.3 is 0 Å². The summed E-state index contributed by atoms with van der Waals surface area (Å²) in [7, 11) is 0. The van der Waals surface area contributed by atoms with Gasteiger partial charge in [-0.05, 0) is 55.8 Å². The van der Waals surface area contributed by atoms with Crippen LogP contribution in [0.2, 0.25) is 0 Å². The Hall–Kier alpha value is -3.35. The van der Waals surface area contributed by atoms with Crippen molar-refractivity contribution in [3.63, 3.8) is 0 Å². The van der Waals surface area contributed by atoms with Crippen LogP contribution in [0.15, 0.2) is 36.4 Å². The third-order valence-electron chi connectivity index (χ3n) is 5.24. The summed E-state index contributed by atoms with van der Waals surface area (Å²) in [4.78, 5) is 36.8. The zero-order chi connectivity index (χ0) is 20.6. The summed E-state index contributed by atoms with van der Waals surface area (Å²) < 4.78 is 10.9. The number of nitrogens with one attached hydrogen (secondary N) is 2. The van der Waals surface area contributed by atoms with Crippen LogP contribution in [0.5, 0.6) is 11.5 Å². The molecule has 2 N–H and O–H groups in total. The maximum Gasteiger partial charge on any atom is 0.234 e. The molecule has 7 nitrogen and oxygen atoms in total. The van der Waals surface area contributed by atoms with Crippen molar-refractivity contribution in [2.75, 3.05) is 23.8 Å². The molecule has 7 heteroatoms. The molecule has 0 fully saturated rings. The van der Waals surface area contributed by atoms with Crippen LogP contribution in [0.4, 0.5) is 11.4 Å². The first kappa shape index (κ1) is 19.0. The largest absolute Gasteiger partial charge is 0.486 e. The molecule has 0 atom stereocenters. The number of Topliss-reactive ketones (excluding diaryl/α,β-unsaturated/α-hetero) is 1. The number of ketones is 1. The Balaban J connectivity index is 1.37. The van der Waals surface area contributed by atoms with E-state index in [2.05, 4.69) is 10.6 Å². The zero-order valence-corrected chi connectivity index (χ0v) is 16.3. The molecule has 2 aromatic rings. The summed E-state index contributed by atoms with van der Waals surface area (Å²) in [6.07, 6.45) is 0.146. The van der Waals surface area contributed by atoms with Gasteiger partial charge in [-0.3, -0.25) is 14.4 Å². The van der Waals surface area contributed by atoms with E-state index in [9.17, 15) is 14.4 Å². The van der Waals surface area contributed by atoms with Gasteiger partial charge in [0.25, 0.3) is 0 Å². The molecule has 0 radical (unpaired) electrons. The highest BCUT2D eigenvalue weighted by Crippen LogP contribution is 2.38. The molecule has 0 aromatic heterocycles. The number of carbonyl (C=O) groups excluding carboxylic acids is 3. The van der Waals surface area contributed by atoms with Crippen molar-refractivity contribution >= 4 is 29.0 Å². The summed E-state index contributed by atoms with van der Waals surface area (Å²) in [6.45, 7) is 4.62. The Kier molecular flexibility index (Phi) is 4.74. The quantitative estimate of drug-likeness (QED) is 0.759. The second-order valence-corrected chi connectivity index (χ2v) is 7.67. The summed E-state index contributed by atoms with van der Waals surface area (Å²) >= 11 is 0. The van der Waals surface area contributed by atoms with Crippen LogP contribution >= 0.6 is 0 Å². The minimum absolute atomic E-state index is 0.0604. The zero-order valence-electron chi connectivity index (χ0n) is 16.3. The van der Waals surface area contributed by atoms with Crippen LogP contribution < -0.4 is 20.1 Å². The Labute approximate surface area is 168 Å². The molecule has 2 aliphatic rings. The van der Waals surface area contributed by atoms with E-state index in [4.69, 9.17) is 9.47 Å². The highest BCUT2D eigenvalue weighted by atomic mass is 16.6. The molecule has 0 bridgehead atoms. The van der Waals surface area contributed by atoms with Crippen LogP contribution in [-0.4, -0.2) is 30.8 Å². The van der Waals surface area contributed by atoms with E-state index in [1.54, 1.807) is 36.4 Å². The minimum atomic E-state index is -0.649. The highest BCUT2D eigenvalue weighted by Gasteiger charge is 2.38. The molecule has 0 spiro atoms. The molecule has 0 unspecified atom stereocenters. The van der Waals surface area contributed by atoms with Gasteiger partial charge in [0.1, 0.15) is 13.2 Å². The van der Waals surface area contributed by atoms with Crippen molar-refractivity contribution < 1.29 is 23.9 Å². The van der Waals surface area contributed by atoms with Gasteiger partial charge < -0.3 is 20.1 Å². The van der Waals surface area contributed by atoms with E-state index in [0.29, 0.717) is 36.0 Å². The summed E-state index contributed by atoms with van der Waals surface area (Å²) in [5.74, 6) is 0.711. The molecule has 0 aliphatic carbocycles. The van der Waals surface area contributed by atoms with Gasteiger partial charge in [-0.15, -0.1) is 0 Å². The maximum atomic E-state index is 12.4. The standard InChI is InChI=1S/C22H22N2O5/c1-22(2)15-12-14(4-5-16(15)24-21(22)27)23-20(26)8-6-17(25)13-3-7-18-19(11-13)29-10-9-28-18/h3-5,7,11-12H,6,8-10H2,1-2H3,(H,23,26)(H,24,27). The van der Waals surface area contributed by atoms with Crippen LogP contribution in [0.3, 0.4) is 0 Å². The van der Waals surface area contributed by atoms with E-state index >= 15 is 0 Å². The summed E-state index contributed by atoms with van der Waals surface area (Å²) in [5.41, 5.74) is 2.04. The van der Waals surface area contributed by atoms with Gasteiger partial charge in [0.05, 0.1) is 5.41 Å². The Morgan fingerprint density at radius 3 is 2.59 bits per heavy atom. The molecule has 2 amide bonds. The van der Waals surface area contributed by atoms with E-state index in [1.165, 1.54) is 0 Å². The van der Waals surface area contributed by atoms with E-state index in [1.807, 2.05) is 13.8 Å². The molecular formula is C22H22N2O5. The number of ether oxygens (including phenoxy) is 2. The second-order valence-electron chi connectivity index (χ2n) is 7.67. The molecule has 2 aromatic carbocycles. The number of rotatable bonds is 5. The van der Waals surface area contributed by atoms with E-state index in [0.717, 1.165) is 11.3 Å². The van der Waals surface area contributed by atoms with Crippen LogP contribution in [-0.2, 0) is 15.0 Å². The topological polar surface area (TPSA) is 93.7 Å². The molecule has 0 saturated heterocycles. The lowest BCUT2D eigenvalue weighted by atomic mass is 9.86. The van der Waals surface area contributed by atoms with Gasteiger partial charge in [-0.1, -0.05) is 0 Å². The average Bonchev–Trinajstić information content (AvgIpc) is 2.94. The van der Waals surface area contributed by atoms with Crippen molar-refractivity contribution in [2.45, 2.75) is 32.1 Å². The normalized spacial score (nSPS) is 16.0. The first-order valence-corrected chi connectivity index (χ1v) is 9.53.